The third-order valence-corrected chi connectivity index (χ3v) is 3.40. The Morgan fingerprint density at radius 1 is 1.67 bits per heavy atom. The molecule has 9 nitrogen and oxygen atoms in total. The first-order chi connectivity index (χ1) is 10.1. The Hall–Kier alpha value is -1.87. The molecule has 0 radical (unpaired) electrons. The summed E-state index contributed by atoms with van der Waals surface area (Å²) in [6.45, 7) is -0.327. The summed E-state index contributed by atoms with van der Waals surface area (Å²) in [4.78, 5) is 29.8. The Balaban J connectivity index is 2.39. The standard InChI is InChI=1S/C11H12BrN5O4/c12-2-1-6-4-17(11(20)14-10(6)19)9-3-7(15-16-13)8(5-18)21-9/h1-2,4,7-9,18H,3,5H2,(H,14,19,20)/b2-1+. The number of aromatic nitrogens is 2. The molecule has 1 fully saturated rings. The van der Waals surface area contributed by atoms with Crippen molar-refractivity contribution in [1.29, 1.82) is 0 Å². The Morgan fingerprint density at radius 2 is 2.43 bits per heavy atom. The zero-order valence-electron chi connectivity index (χ0n) is 10.7. The molecule has 1 aliphatic heterocycles. The van der Waals surface area contributed by atoms with Crippen molar-refractivity contribution >= 4 is 22.0 Å². The summed E-state index contributed by atoms with van der Waals surface area (Å²) in [5.41, 5.74) is 7.61. The van der Waals surface area contributed by atoms with E-state index in [1.807, 2.05) is 0 Å². The van der Waals surface area contributed by atoms with Crippen LogP contribution in [0.5, 0.6) is 0 Å². The van der Waals surface area contributed by atoms with Crippen molar-refractivity contribution in [1.82, 2.24) is 9.55 Å². The van der Waals surface area contributed by atoms with Crippen LogP contribution >= 0.6 is 15.9 Å². The smallest absolute Gasteiger partial charge is 0.330 e. The maximum absolute atomic E-state index is 11.9. The molecule has 0 aliphatic carbocycles. The molecular formula is C11H12BrN5O4. The highest BCUT2D eigenvalue weighted by Crippen LogP contribution is 2.29. The highest BCUT2D eigenvalue weighted by Gasteiger charge is 2.35. The van der Waals surface area contributed by atoms with Gasteiger partial charge in [0, 0.05) is 17.5 Å². The minimum atomic E-state index is -0.718. The second-order valence-electron chi connectivity index (χ2n) is 4.36. The average Bonchev–Trinajstić information content (AvgIpc) is 2.85. The van der Waals surface area contributed by atoms with Gasteiger partial charge in [0.2, 0.25) is 0 Å². The molecule has 112 valence electrons. The number of halogens is 1. The fraction of sp³-hybridized carbons (Fsp3) is 0.455. The van der Waals surface area contributed by atoms with E-state index in [1.54, 1.807) is 0 Å². The van der Waals surface area contributed by atoms with Gasteiger partial charge in [-0.15, -0.1) is 0 Å². The van der Waals surface area contributed by atoms with Crippen molar-refractivity contribution in [2.24, 2.45) is 5.11 Å². The summed E-state index contributed by atoms with van der Waals surface area (Å²) >= 11 is 3.06. The Bertz CT molecular complexity index is 705. The van der Waals surface area contributed by atoms with E-state index in [0.717, 1.165) is 0 Å². The predicted molar refractivity (Wildman–Crippen MR) is 77.8 cm³/mol. The first kappa shape index (κ1) is 15.5. The van der Waals surface area contributed by atoms with Gasteiger partial charge in [-0.25, -0.2) is 4.79 Å². The number of hydrogen-bond donors (Lipinski definition) is 2. The van der Waals surface area contributed by atoms with E-state index >= 15 is 0 Å². The number of ether oxygens (including phenoxy) is 1. The normalized spacial score (nSPS) is 25.1. The number of aliphatic hydroxyl groups is 1. The molecule has 3 unspecified atom stereocenters. The van der Waals surface area contributed by atoms with Gasteiger partial charge < -0.3 is 9.84 Å². The molecule has 0 bridgehead atoms. The van der Waals surface area contributed by atoms with Gasteiger partial charge >= 0.3 is 5.69 Å². The molecule has 0 aromatic carbocycles. The number of hydrogen-bond acceptors (Lipinski definition) is 5. The van der Waals surface area contributed by atoms with Gasteiger partial charge in [-0.3, -0.25) is 14.3 Å². The molecule has 0 spiro atoms. The van der Waals surface area contributed by atoms with E-state index in [2.05, 4.69) is 30.9 Å². The van der Waals surface area contributed by atoms with Crippen molar-refractivity contribution in [3.8, 4) is 0 Å². The van der Waals surface area contributed by atoms with E-state index in [9.17, 15) is 14.7 Å². The maximum Gasteiger partial charge on any atom is 0.330 e. The first-order valence-electron chi connectivity index (χ1n) is 6.03. The molecule has 1 aromatic heterocycles. The van der Waals surface area contributed by atoms with Gasteiger partial charge in [-0.1, -0.05) is 21.0 Å². The van der Waals surface area contributed by atoms with Gasteiger partial charge in [-0.05, 0) is 16.6 Å². The summed E-state index contributed by atoms with van der Waals surface area (Å²) in [5, 5.41) is 12.8. The second-order valence-corrected chi connectivity index (χ2v) is 4.89. The van der Waals surface area contributed by atoms with Gasteiger partial charge in [0.1, 0.15) is 6.23 Å². The van der Waals surface area contributed by atoms with Crippen LogP contribution in [-0.2, 0) is 4.74 Å². The third-order valence-electron chi connectivity index (χ3n) is 3.13. The highest BCUT2D eigenvalue weighted by atomic mass is 79.9. The van der Waals surface area contributed by atoms with Crippen molar-refractivity contribution in [3.05, 3.63) is 48.0 Å². The lowest BCUT2D eigenvalue weighted by Gasteiger charge is -2.14. The minimum absolute atomic E-state index is 0.235. The number of nitrogens with one attached hydrogen (secondary N) is 1. The fourth-order valence-electron chi connectivity index (χ4n) is 2.14. The zero-order valence-corrected chi connectivity index (χ0v) is 12.3. The number of aliphatic hydroxyl groups excluding tert-OH is 1. The summed E-state index contributed by atoms with van der Waals surface area (Å²) in [6.07, 6.45) is 1.68. The van der Waals surface area contributed by atoms with Gasteiger partial charge in [-0.2, -0.15) is 0 Å². The molecule has 2 N–H and O–H groups in total. The molecule has 10 heteroatoms. The van der Waals surface area contributed by atoms with Crippen LogP contribution in [0, 0.1) is 0 Å². The molecule has 1 aliphatic rings. The molecular weight excluding hydrogens is 346 g/mol. The summed E-state index contributed by atoms with van der Waals surface area (Å²) in [5.74, 6) is 0. The van der Waals surface area contributed by atoms with Crippen molar-refractivity contribution in [2.75, 3.05) is 6.61 Å². The van der Waals surface area contributed by atoms with Crippen LogP contribution < -0.4 is 11.2 Å². The lowest BCUT2D eigenvalue weighted by molar-refractivity contribution is -0.0271. The van der Waals surface area contributed by atoms with Crippen molar-refractivity contribution in [2.45, 2.75) is 24.8 Å². The predicted octanol–water partition coefficient (Wildman–Crippen LogP) is 0.861. The number of nitrogens with zero attached hydrogens (tertiary/aromatic N) is 4. The van der Waals surface area contributed by atoms with Crippen molar-refractivity contribution in [3.63, 3.8) is 0 Å². The molecule has 0 saturated carbocycles. The topological polar surface area (TPSA) is 133 Å². The number of rotatable bonds is 4. The van der Waals surface area contributed by atoms with Crippen LogP contribution in [0.15, 0.2) is 25.9 Å². The van der Waals surface area contributed by atoms with Crippen LogP contribution in [-0.4, -0.2) is 33.4 Å². The zero-order chi connectivity index (χ0) is 15.4. The second kappa shape index (κ2) is 6.72. The number of H-pyrrole nitrogens is 1. The SMILES string of the molecule is [N-]=[N+]=NC1CC(n2cc(/C=C/Br)c(=O)[nH]c2=O)OC1CO. The largest absolute Gasteiger partial charge is 0.394 e. The molecule has 3 atom stereocenters. The molecule has 1 saturated heterocycles. The molecule has 2 heterocycles. The van der Waals surface area contributed by atoms with E-state index in [4.69, 9.17) is 10.3 Å². The van der Waals surface area contributed by atoms with E-state index in [1.165, 1.54) is 21.8 Å². The van der Waals surface area contributed by atoms with Gasteiger partial charge in [0.25, 0.3) is 5.56 Å². The van der Waals surface area contributed by atoms with Crippen LogP contribution in [0.1, 0.15) is 18.2 Å². The number of azide groups is 1. The van der Waals surface area contributed by atoms with Gasteiger partial charge in [0.15, 0.2) is 0 Å². The number of aromatic amines is 1. The molecule has 21 heavy (non-hydrogen) atoms. The van der Waals surface area contributed by atoms with Crippen LogP contribution in [0.3, 0.4) is 0 Å². The Labute approximate surface area is 126 Å². The van der Waals surface area contributed by atoms with Gasteiger partial charge in [0.05, 0.1) is 24.3 Å². The lowest BCUT2D eigenvalue weighted by Crippen LogP contribution is -2.33. The molecule has 1 aromatic rings. The Morgan fingerprint density at radius 3 is 3.05 bits per heavy atom. The highest BCUT2D eigenvalue weighted by molar-refractivity contribution is 9.11. The average molecular weight is 358 g/mol. The summed E-state index contributed by atoms with van der Waals surface area (Å²) < 4.78 is 6.71. The van der Waals surface area contributed by atoms with E-state index < -0.39 is 29.6 Å². The Kier molecular flexibility index (Phi) is 4.97. The van der Waals surface area contributed by atoms with Crippen LogP contribution in [0.2, 0.25) is 0 Å². The van der Waals surface area contributed by atoms with E-state index in [-0.39, 0.29) is 18.6 Å². The first-order valence-corrected chi connectivity index (χ1v) is 6.95. The third kappa shape index (κ3) is 3.24. The molecule has 0 amide bonds. The summed E-state index contributed by atoms with van der Waals surface area (Å²) in [6, 6.07) is -0.570. The quantitative estimate of drug-likeness (QED) is 0.469. The van der Waals surface area contributed by atoms with Crippen LogP contribution in [0.25, 0.3) is 16.5 Å². The maximum atomic E-state index is 11.9. The summed E-state index contributed by atoms with van der Waals surface area (Å²) in [7, 11) is 0. The fourth-order valence-corrected chi connectivity index (χ4v) is 2.42. The molecule has 2 rings (SSSR count). The lowest BCUT2D eigenvalue weighted by atomic mass is 10.1. The van der Waals surface area contributed by atoms with Crippen molar-refractivity contribution < 1.29 is 9.84 Å². The van der Waals surface area contributed by atoms with E-state index in [0.29, 0.717) is 0 Å². The van der Waals surface area contributed by atoms with Crippen LogP contribution in [0.4, 0.5) is 0 Å². The monoisotopic (exact) mass is 357 g/mol. The minimum Gasteiger partial charge on any atom is -0.394 e.